The summed E-state index contributed by atoms with van der Waals surface area (Å²) in [6.07, 6.45) is 8.91. The largest absolute Gasteiger partial charge is 0.534 e. The van der Waals surface area contributed by atoms with Crippen LogP contribution >= 0.6 is 0 Å². The Balaban J connectivity index is 1.52. The highest BCUT2D eigenvalue weighted by Crippen LogP contribution is 2.57. The summed E-state index contributed by atoms with van der Waals surface area (Å²) in [6, 6.07) is 5.81. The summed E-state index contributed by atoms with van der Waals surface area (Å²) >= 11 is 0. The molecule has 4 atom stereocenters. The molecule has 2 unspecified atom stereocenters. The van der Waals surface area contributed by atoms with E-state index in [9.17, 15) is 21.6 Å². The average molecular weight is 444 g/mol. The number of rotatable bonds is 4. The molecule has 4 nitrogen and oxygen atoms in total. The van der Waals surface area contributed by atoms with E-state index in [0.29, 0.717) is 18.0 Å². The predicted molar refractivity (Wildman–Crippen MR) is 107 cm³/mol. The van der Waals surface area contributed by atoms with Gasteiger partial charge in [0.2, 0.25) is 0 Å². The molecule has 0 radical (unpaired) electrons. The van der Waals surface area contributed by atoms with Crippen molar-refractivity contribution in [2.24, 2.45) is 11.8 Å². The Morgan fingerprint density at radius 3 is 2.63 bits per heavy atom. The second-order valence-corrected chi connectivity index (χ2v) is 11.2. The van der Waals surface area contributed by atoms with Crippen molar-refractivity contribution in [1.82, 2.24) is 4.90 Å². The molecule has 2 saturated carbocycles. The Hall–Kier alpha value is -1.28. The number of benzene rings is 1. The molecule has 0 amide bonds. The molecular formula is C22H28F3NO3S. The summed E-state index contributed by atoms with van der Waals surface area (Å²) in [6.45, 7) is 3.35. The Labute approximate surface area is 175 Å². The van der Waals surface area contributed by atoms with Crippen LogP contribution < -0.4 is 4.18 Å². The van der Waals surface area contributed by atoms with E-state index in [1.54, 1.807) is 12.1 Å². The quantitative estimate of drug-likeness (QED) is 0.497. The lowest BCUT2D eigenvalue weighted by molar-refractivity contribution is -0.0500. The fourth-order valence-corrected chi connectivity index (χ4v) is 7.05. The summed E-state index contributed by atoms with van der Waals surface area (Å²) in [4.78, 5) is 2.70. The number of nitrogens with zero attached hydrogens (tertiary/aromatic N) is 1. The van der Waals surface area contributed by atoms with Gasteiger partial charge >= 0.3 is 15.6 Å². The van der Waals surface area contributed by atoms with Crippen LogP contribution in [0.3, 0.4) is 0 Å². The molecule has 3 aliphatic carbocycles. The monoisotopic (exact) mass is 443 g/mol. The highest BCUT2D eigenvalue weighted by Gasteiger charge is 2.55. The van der Waals surface area contributed by atoms with Crippen molar-refractivity contribution in [2.45, 2.75) is 81.3 Å². The number of halogens is 3. The Bertz CT molecular complexity index is 943. The van der Waals surface area contributed by atoms with E-state index in [-0.39, 0.29) is 11.2 Å². The van der Waals surface area contributed by atoms with Gasteiger partial charge in [-0.15, -0.1) is 0 Å². The number of hydrogen-bond donors (Lipinski definition) is 0. The zero-order valence-corrected chi connectivity index (χ0v) is 17.9. The molecule has 4 aliphatic rings. The van der Waals surface area contributed by atoms with Crippen molar-refractivity contribution >= 4 is 10.1 Å². The second kappa shape index (κ2) is 6.86. The molecule has 0 spiro atoms. The number of hydrogen-bond acceptors (Lipinski definition) is 4. The molecule has 3 fully saturated rings. The zero-order valence-electron chi connectivity index (χ0n) is 17.1. The lowest BCUT2D eigenvalue weighted by atomic mass is 9.52. The van der Waals surface area contributed by atoms with E-state index in [4.69, 9.17) is 0 Å². The van der Waals surface area contributed by atoms with Crippen LogP contribution in [0.1, 0.15) is 63.0 Å². The summed E-state index contributed by atoms with van der Waals surface area (Å²) < 4.78 is 65.9. The Morgan fingerprint density at radius 1 is 1.17 bits per heavy atom. The van der Waals surface area contributed by atoms with Crippen LogP contribution in [-0.2, 0) is 22.0 Å². The van der Waals surface area contributed by atoms with Crippen molar-refractivity contribution in [2.75, 3.05) is 6.54 Å². The molecular weight excluding hydrogens is 415 g/mol. The van der Waals surface area contributed by atoms with Crippen molar-refractivity contribution in [1.29, 1.82) is 0 Å². The third-order valence-corrected chi connectivity index (χ3v) is 9.15. The Morgan fingerprint density at radius 2 is 1.93 bits per heavy atom. The smallest absolute Gasteiger partial charge is 0.376 e. The average Bonchev–Trinajstić information content (AvgIpc) is 3.52. The number of likely N-dealkylation sites (tertiary alicyclic amines) is 1. The minimum Gasteiger partial charge on any atom is -0.376 e. The molecule has 5 rings (SSSR count). The first-order chi connectivity index (χ1) is 14.1. The van der Waals surface area contributed by atoms with Crippen molar-refractivity contribution in [3.8, 4) is 5.75 Å². The van der Waals surface area contributed by atoms with E-state index in [1.165, 1.54) is 25.3 Å². The van der Waals surface area contributed by atoms with Gasteiger partial charge in [0.25, 0.3) is 0 Å². The van der Waals surface area contributed by atoms with Crippen LogP contribution in [-0.4, -0.2) is 37.5 Å². The van der Waals surface area contributed by atoms with Gasteiger partial charge < -0.3 is 4.18 Å². The van der Waals surface area contributed by atoms with Gasteiger partial charge in [0.05, 0.1) is 0 Å². The van der Waals surface area contributed by atoms with Gasteiger partial charge in [-0.1, -0.05) is 18.9 Å². The first-order valence-electron chi connectivity index (χ1n) is 11.0. The van der Waals surface area contributed by atoms with Gasteiger partial charge in [-0.2, -0.15) is 21.6 Å². The molecule has 1 aliphatic heterocycles. The zero-order chi connectivity index (χ0) is 21.3. The summed E-state index contributed by atoms with van der Waals surface area (Å²) in [5.41, 5.74) is -3.33. The second-order valence-electron chi connectivity index (χ2n) is 9.65. The van der Waals surface area contributed by atoms with Crippen molar-refractivity contribution in [3.05, 3.63) is 29.3 Å². The Kier molecular flexibility index (Phi) is 4.71. The van der Waals surface area contributed by atoms with E-state index in [2.05, 4.69) is 16.0 Å². The van der Waals surface area contributed by atoms with Gasteiger partial charge in [0.15, 0.2) is 0 Å². The SMILES string of the molecule is CC(C1CC1)N1CC[C@@]23CCCCC2[C@@H]1Cc1ccc(OS(=O)(=O)C(F)(F)F)cc13. The molecule has 1 aromatic carbocycles. The minimum atomic E-state index is -5.66. The molecule has 2 bridgehead atoms. The van der Waals surface area contributed by atoms with Crippen molar-refractivity contribution < 1.29 is 25.8 Å². The van der Waals surface area contributed by atoms with Gasteiger partial charge in [-0.25, -0.2) is 0 Å². The summed E-state index contributed by atoms with van der Waals surface area (Å²) in [7, 11) is -5.66. The lowest BCUT2D eigenvalue weighted by Gasteiger charge is -2.60. The highest BCUT2D eigenvalue weighted by atomic mass is 32.2. The first kappa shape index (κ1) is 20.6. The molecule has 1 saturated heterocycles. The van der Waals surface area contributed by atoms with Crippen LogP contribution in [0.2, 0.25) is 0 Å². The minimum absolute atomic E-state index is 0.0718. The van der Waals surface area contributed by atoms with Crippen LogP contribution in [0.5, 0.6) is 5.75 Å². The third kappa shape index (κ3) is 3.17. The maximum absolute atomic E-state index is 12.8. The van der Waals surface area contributed by atoms with E-state index in [1.807, 2.05) is 0 Å². The standard InChI is InChI=1S/C22H28F3NO3S/c1-14(15-5-6-15)26-11-10-21-9-3-2-4-18(21)20(26)12-16-7-8-17(13-19(16)21)29-30(27,28)22(23,24)25/h7-8,13-15,18,20H,2-6,9-12H2,1H3/t14?,18?,20-,21-/m0/s1. The van der Waals surface area contributed by atoms with Crippen LogP contribution in [0, 0.1) is 11.8 Å². The van der Waals surface area contributed by atoms with E-state index >= 15 is 0 Å². The lowest BCUT2D eigenvalue weighted by Crippen LogP contribution is -2.62. The predicted octanol–water partition coefficient (Wildman–Crippen LogP) is 4.77. The number of fused-ring (bicyclic) bond motifs is 1. The van der Waals surface area contributed by atoms with Gasteiger partial charge in [0.1, 0.15) is 5.75 Å². The maximum Gasteiger partial charge on any atom is 0.534 e. The molecule has 0 N–H and O–H groups in total. The normalized spacial score (nSPS) is 32.8. The highest BCUT2D eigenvalue weighted by molar-refractivity contribution is 7.88. The van der Waals surface area contributed by atoms with Crippen LogP contribution in [0.4, 0.5) is 13.2 Å². The topological polar surface area (TPSA) is 46.6 Å². The van der Waals surface area contributed by atoms with Crippen LogP contribution in [0.25, 0.3) is 0 Å². The summed E-state index contributed by atoms with van der Waals surface area (Å²) in [5.74, 6) is 1.05. The van der Waals surface area contributed by atoms with E-state index in [0.717, 1.165) is 55.7 Å². The third-order valence-electron chi connectivity index (χ3n) is 8.17. The molecule has 8 heteroatoms. The van der Waals surface area contributed by atoms with E-state index < -0.39 is 15.6 Å². The summed E-state index contributed by atoms with van der Waals surface area (Å²) in [5, 5.41) is 0. The molecule has 1 heterocycles. The number of alkyl halides is 3. The van der Waals surface area contributed by atoms with Crippen molar-refractivity contribution in [3.63, 3.8) is 0 Å². The molecule has 30 heavy (non-hydrogen) atoms. The van der Waals surface area contributed by atoms with Gasteiger partial charge in [0, 0.05) is 17.5 Å². The molecule has 1 aromatic rings. The van der Waals surface area contributed by atoms with Gasteiger partial charge in [-0.05, 0) is 87.1 Å². The fourth-order valence-electron chi connectivity index (χ4n) is 6.59. The number of piperidine rings is 1. The molecule has 166 valence electrons. The first-order valence-corrected chi connectivity index (χ1v) is 12.4. The van der Waals surface area contributed by atoms with Crippen LogP contribution in [0.15, 0.2) is 18.2 Å². The van der Waals surface area contributed by atoms with Gasteiger partial charge in [-0.3, -0.25) is 4.90 Å². The molecule has 0 aromatic heterocycles. The maximum atomic E-state index is 12.8. The fraction of sp³-hybridized carbons (Fsp3) is 0.727.